The molecule has 0 amide bonds. The SMILES string of the molecule is C=C(CCC1C=CN(CCC(C)C(=C)/C=C\C)N1)/C(=C(/N)SC)C(N)O. The molecule has 1 heterocycles. The van der Waals surface area contributed by atoms with Crippen LogP contribution >= 0.6 is 11.8 Å². The number of aliphatic hydroxyl groups is 1. The molecule has 6 N–H and O–H groups in total. The molecular formula is C20H34N4OS. The molecule has 3 atom stereocenters. The maximum Gasteiger partial charge on any atom is 0.131 e. The van der Waals surface area contributed by atoms with Crippen molar-refractivity contribution in [2.75, 3.05) is 12.8 Å². The van der Waals surface area contributed by atoms with Crippen molar-refractivity contribution in [1.82, 2.24) is 10.4 Å². The highest BCUT2D eigenvalue weighted by Crippen LogP contribution is 2.24. The number of hydrogen-bond donors (Lipinski definition) is 4. The molecule has 3 unspecified atom stereocenters. The summed E-state index contributed by atoms with van der Waals surface area (Å²) in [5.41, 5.74) is 17.5. The lowest BCUT2D eigenvalue weighted by Gasteiger charge is -2.22. The lowest BCUT2D eigenvalue weighted by atomic mass is 9.99. The van der Waals surface area contributed by atoms with E-state index in [1.807, 2.05) is 19.3 Å². The fourth-order valence-corrected chi connectivity index (χ4v) is 3.29. The molecular weight excluding hydrogens is 344 g/mol. The van der Waals surface area contributed by atoms with Crippen LogP contribution in [0.2, 0.25) is 0 Å². The van der Waals surface area contributed by atoms with E-state index >= 15 is 0 Å². The molecule has 146 valence electrons. The van der Waals surface area contributed by atoms with Gasteiger partial charge in [-0.2, -0.15) is 0 Å². The van der Waals surface area contributed by atoms with E-state index in [1.54, 1.807) is 0 Å². The first-order valence-electron chi connectivity index (χ1n) is 8.98. The molecule has 0 bridgehead atoms. The molecule has 0 aromatic rings. The minimum atomic E-state index is -1.09. The Labute approximate surface area is 162 Å². The van der Waals surface area contributed by atoms with Crippen molar-refractivity contribution in [2.24, 2.45) is 17.4 Å². The van der Waals surface area contributed by atoms with Crippen molar-refractivity contribution >= 4 is 11.8 Å². The molecule has 0 fully saturated rings. The molecule has 0 radical (unpaired) electrons. The highest BCUT2D eigenvalue weighted by Gasteiger charge is 2.19. The Kier molecular flexibility index (Phi) is 9.80. The molecule has 1 aliphatic heterocycles. The predicted octanol–water partition coefficient (Wildman–Crippen LogP) is 2.99. The van der Waals surface area contributed by atoms with Crippen molar-refractivity contribution in [1.29, 1.82) is 0 Å². The highest BCUT2D eigenvalue weighted by molar-refractivity contribution is 8.02. The topological polar surface area (TPSA) is 87.5 Å². The Balaban J connectivity index is 2.43. The van der Waals surface area contributed by atoms with Crippen LogP contribution in [-0.4, -0.2) is 35.2 Å². The first-order valence-corrected chi connectivity index (χ1v) is 10.2. The summed E-state index contributed by atoms with van der Waals surface area (Å²) in [5.74, 6) is 0.452. The van der Waals surface area contributed by atoms with Crippen LogP contribution in [0.3, 0.4) is 0 Å². The van der Waals surface area contributed by atoms with Gasteiger partial charge in [-0.15, -0.1) is 11.8 Å². The molecule has 0 saturated heterocycles. The molecule has 1 aliphatic rings. The number of nitrogens with two attached hydrogens (primary N) is 2. The van der Waals surface area contributed by atoms with Crippen LogP contribution in [0.1, 0.15) is 33.1 Å². The van der Waals surface area contributed by atoms with Gasteiger partial charge in [0.05, 0.1) is 5.03 Å². The Morgan fingerprint density at radius 1 is 1.46 bits per heavy atom. The molecule has 6 heteroatoms. The second-order valence-electron chi connectivity index (χ2n) is 6.60. The van der Waals surface area contributed by atoms with Gasteiger partial charge in [0.1, 0.15) is 6.23 Å². The van der Waals surface area contributed by atoms with E-state index in [9.17, 15) is 5.11 Å². The van der Waals surface area contributed by atoms with Gasteiger partial charge in [0.25, 0.3) is 0 Å². The van der Waals surface area contributed by atoms with Crippen molar-refractivity contribution in [3.8, 4) is 0 Å². The Morgan fingerprint density at radius 3 is 2.73 bits per heavy atom. The molecule has 0 aromatic heterocycles. The van der Waals surface area contributed by atoms with Crippen LogP contribution in [0.15, 0.2) is 59.3 Å². The third kappa shape index (κ3) is 7.03. The van der Waals surface area contributed by atoms with Gasteiger partial charge < -0.3 is 21.6 Å². The number of nitrogens with zero attached hydrogens (tertiary/aromatic N) is 1. The van der Waals surface area contributed by atoms with Crippen LogP contribution in [0.25, 0.3) is 0 Å². The first kappa shape index (κ1) is 22.6. The smallest absolute Gasteiger partial charge is 0.131 e. The number of hydrazine groups is 1. The molecule has 0 aliphatic carbocycles. The van der Waals surface area contributed by atoms with Gasteiger partial charge in [0.2, 0.25) is 0 Å². The molecule has 1 rings (SSSR count). The van der Waals surface area contributed by atoms with Gasteiger partial charge >= 0.3 is 0 Å². The summed E-state index contributed by atoms with van der Waals surface area (Å²) in [6.45, 7) is 13.3. The van der Waals surface area contributed by atoms with Gasteiger partial charge in [-0.1, -0.05) is 37.8 Å². The van der Waals surface area contributed by atoms with E-state index in [-0.39, 0.29) is 6.04 Å². The fourth-order valence-electron chi connectivity index (χ4n) is 2.81. The van der Waals surface area contributed by atoms with Crippen LogP contribution < -0.4 is 16.9 Å². The molecule has 5 nitrogen and oxygen atoms in total. The number of allylic oxidation sites excluding steroid dienone is 3. The fraction of sp³-hybridized carbons (Fsp3) is 0.500. The summed E-state index contributed by atoms with van der Waals surface area (Å²) < 4.78 is 0. The molecule has 0 aromatic carbocycles. The number of aliphatic hydroxyl groups excluding tert-OH is 1. The number of rotatable bonds is 11. The zero-order valence-corrected chi connectivity index (χ0v) is 17.1. The predicted molar refractivity (Wildman–Crippen MR) is 114 cm³/mol. The highest BCUT2D eigenvalue weighted by atomic mass is 32.2. The van der Waals surface area contributed by atoms with Gasteiger partial charge in [0, 0.05) is 24.4 Å². The van der Waals surface area contributed by atoms with E-state index in [4.69, 9.17) is 11.5 Å². The Morgan fingerprint density at radius 2 is 2.15 bits per heavy atom. The quantitative estimate of drug-likeness (QED) is 0.327. The summed E-state index contributed by atoms with van der Waals surface area (Å²) in [6, 6.07) is 0.243. The van der Waals surface area contributed by atoms with Gasteiger partial charge in [-0.3, -0.25) is 0 Å². The van der Waals surface area contributed by atoms with E-state index in [0.717, 1.165) is 37.0 Å². The summed E-state index contributed by atoms with van der Waals surface area (Å²) in [5, 5.41) is 12.4. The molecule has 0 saturated carbocycles. The number of nitrogens with one attached hydrogen (secondary N) is 1. The van der Waals surface area contributed by atoms with Crippen molar-refractivity contribution in [3.63, 3.8) is 0 Å². The maximum atomic E-state index is 9.74. The minimum absolute atomic E-state index is 0.243. The van der Waals surface area contributed by atoms with Crippen LogP contribution in [0.4, 0.5) is 0 Å². The monoisotopic (exact) mass is 378 g/mol. The zero-order chi connectivity index (χ0) is 19.7. The van der Waals surface area contributed by atoms with Crippen LogP contribution in [0, 0.1) is 5.92 Å². The van der Waals surface area contributed by atoms with Gasteiger partial charge in [0.15, 0.2) is 0 Å². The van der Waals surface area contributed by atoms with Crippen molar-refractivity contribution < 1.29 is 5.11 Å². The van der Waals surface area contributed by atoms with Crippen LogP contribution in [0.5, 0.6) is 0 Å². The second kappa shape index (κ2) is 11.3. The lowest BCUT2D eigenvalue weighted by molar-refractivity contribution is 0.219. The summed E-state index contributed by atoms with van der Waals surface area (Å²) in [7, 11) is 0. The Hall–Kier alpha value is -1.47. The summed E-state index contributed by atoms with van der Waals surface area (Å²) in [6.07, 6.45) is 11.7. The normalized spacial score (nSPS) is 20.3. The van der Waals surface area contributed by atoms with Crippen molar-refractivity contribution in [2.45, 2.75) is 45.4 Å². The van der Waals surface area contributed by atoms with E-state index in [2.05, 4.69) is 48.9 Å². The first-order chi connectivity index (χ1) is 12.3. The van der Waals surface area contributed by atoms with Crippen LogP contribution in [-0.2, 0) is 0 Å². The largest absolute Gasteiger partial charge is 0.393 e. The number of hydrogen-bond acceptors (Lipinski definition) is 6. The zero-order valence-electron chi connectivity index (χ0n) is 16.2. The van der Waals surface area contributed by atoms with Gasteiger partial charge in [-0.25, -0.2) is 5.43 Å². The third-order valence-electron chi connectivity index (χ3n) is 4.57. The summed E-state index contributed by atoms with van der Waals surface area (Å²) in [4.78, 5) is 0. The average molecular weight is 379 g/mol. The average Bonchev–Trinajstić information content (AvgIpc) is 3.05. The second-order valence-corrected chi connectivity index (χ2v) is 7.45. The Bertz CT molecular complexity index is 580. The molecule has 0 spiro atoms. The standard InChI is InChI=1S/C20H34N4OS/c1-6-7-14(2)15(3)10-12-24-13-11-17(23-24)9-8-16(4)18(19(21)25)20(22)26-5/h6-7,11,13,15,17,19,23,25H,2,4,8-10,12,21-22H2,1,3,5H3/b7-6-,20-18+. The van der Waals surface area contributed by atoms with E-state index in [0.29, 0.717) is 16.5 Å². The number of thioether (sulfide) groups is 1. The van der Waals surface area contributed by atoms with E-state index < -0.39 is 6.23 Å². The summed E-state index contributed by atoms with van der Waals surface area (Å²) >= 11 is 1.37. The third-order valence-corrected chi connectivity index (χ3v) is 5.23. The maximum absolute atomic E-state index is 9.74. The lowest BCUT2D eigenvalue weighted by Crippen LogP contribution is -2.36. The molecule has 26 heavy (non-hydrogen) atoms. The van der Waals surface area contributed by atoms with Crippen molar-refractivity contribution in [3.05, 3.63) is 59.3 Å². The minimum Gasteiger partial charge on any atom is -0.393 e. The van der Waals surface area contributed by atoms with Gasteiger partial charge in [-0.05, 0) is 50.0 Å². The van der Waals surface area contributed by atoms with E-state index in [1.165, 1.54) is 11.8 Å².